The second-order valence-electron chi connectivity index (χ2n) is 4.96. The molecule has 2 aromatic rings. The molecular weight excluding hydrogens is 323 g/mol. The van der Waals surface area contributed by atoms with Crippen LogP contribution in [0.25, 0.3) is 0 Å². The van der Waals surface area contributed by atoms with Crippen molar-refractivity contribution in [1.29, 1.82) is 0 Å². The van der Waals surface area contributed by atoms with Crippen molar-refractivity contribution in [3.8, 4) is 11.5 Å². The van der Waals surface area contributed by atoms with E-state index in [0.29, 0.717) is 11.3 Å². The first kappa shape index (κ1) is 17.7. The summed E-state index contributed by atoms with van der Waals surface area (Å²) in [5.41, 5.74) is 1.23. The maximum Gasteiger partial charge on any atom is 0.422 e. The van der Waals surface area contributed by atoms with Crippen molar-refractivity contribution in [3.63, 3.8) is 0 Å². The van der Waals surface area contributed by atoms with Crippen molar-refractivity contribution in [1.82, 2.24) is 5.32 Å². The van der Waals surface area contributed by atoms with Gasteiger partial charge in [-0.15, -0.1) is 0 Å². The number of rotatable bonds is 6. The Morgan fingerprint density at radius 3 is 2.12 bits per heavy atom. The van der Waals surface area contributed by atoms with Gasteiger partial charge in [-0.05, 0) is 42.0 Å². The fraction of sp³-hybridized carbons (Fsp3) is 0.235. The molecule has 128 valence electrons. The van der Waals surface area contributed by atoms with E-state index in [-0.39, 0.29) is 18.2 Å². The summed E-state index contributed by atoms with van der Waals surface area (Å²) in [6.07, 6.45) is -4.37. The highest BCUT2D eigenvalue weighted by Gasteiger charge is 2.28. The number of nitrogens with one attached hydrogen (secondary N) is 1. The fourth-order valence-corrected chi connectivity index (χ4v) is 1.90. The van der Waals surface area contributed by atoms with Gasteiger partial charge in [0.2, 0.25) is 0 Å². The zero-order chi connectivity index (χ0) is 17.6. The molecule has 0 fully saturated rings. The standard InChI is InChI=1S/C17H16F3NO3/c1-23-14-8-4-13(5-9-14)16(22)21-10-12-2-6-15(7-3-12)24-11-17(18,19)20/h2-9H,10-11H2,1H3,(H,21,22). The molecule has 0 aliphatic rings. The first-order valence-electron chi connectivity index (χ1n) is 7.08. The smallest absolute Gasteiger partial charge is 0.422 e. The third-order valence-corrected chi connectivity index (χ3v) is 3.13. The molecule has 1 N–H and O–H groups in total. The Balaban J connectivity index is 1.86. The van der Waals surface area contributed by atoms with Crippen molar-refractivity contribution in [2.24, 2.45) is 0 Å². The molecule has 0 atom stereocenters. The summed E-state index contributed by atoms with van der Waals surface area (Å²) < 4.78 is 45.8. The molecule has 0 saturated carbocycles. The maximum atomic E-state index is 12.1. The van der Waals surface area contributed by atoms with Crippen molar-refractivity contribution < 1.29 is 27.4 Å². The minimum absolute atomic E-state index is 0.123. The van der Waals surface area contributed by atoms with Gasteiger partial charge >= 0.3 is 6.18 Å². The van der Waals surface area contributed by atoms with E-state index >= 15 is 0 Å². The van der Waals surface area contributed by atoms with Crippen molar-refractivity contribution in [2.45, 2.75) is 12.7 Å². The van der Waals surface area contributed by atoms with Crippen LogP contribution in [0, 0.1) is 0 Å². The minimum Gasteiger partial charge on any atom is -0.497 e. The number of alkyl halides is 3. The number of methoxy groups -OCH3 is 1. The first-order valence-corrected chi connectivity index (χ1v) is 7.08. The molecular formula is C17H16F3NO3. The van der Waals surface area contributed by atoms with E-state index in [1.165, 1.54) is 19.2 Å². The summed E-state index contributed by atoms with van der Waals surface area (Å²) in [5.74, 6) is 0.522. The van der Waals surface area contributed by atoms with Gasteiger partial charge in [0.1, 0.15) is 11.5 Å². The Hall–Kier alpha value is -2.70. The average Bonchev–Trinajstić information content (AvgIpc) is 2.58. The summed E-state index contributed by atoms with van der Waals surface area (Å²) in [6.45, 7) is -1.08. The Bertz CT molecular complexity index is 667. The second-order valence-corrected chi connectivity index (χ2v) is 4.96. The first-order chi connectivity index (χ1) is 11.4. The third kappa shape index (κ3) is 5.49. The number of halogens is 3. The van der Waals surface area contributed by atoms with E-state index in [9.17, 15) is 18.0 Å². The lowest BCUT2D eigenvalue weighted by Gasteiger charge is -2.10. The van der Waals surface area contributed by atoms with Gasteiger partial charge in [-0.3, -0.25) is 4.79 Å². The minimum atomic E-state index is -4.37. The van der Waals surface area contributed by atoms with E-state index in [2.05, 4.69) is 10.1 Å². The molecule has 0 aliphatic heterocycles. The van der Waals surface area contributed by atoms with Crippen LogP contribution in [0.5, 0.6) is 11.5 Å². The van der Waals surface area contributed by atoms with E-state index in [0.717, 1.165) is 5.56 Å². The summed E-state index contributed by atoms with van der Waals surface area (Å²) in [4.78, 5) is 12.0. The van der Waals surface area contributed by atoms with Crippen LogP contribution in [0.4, 0.5) is 13.2 Å². The highest BCUT2D eigenvalue weighted by molar-refractivity contribution is 5.94. The molecule has 2 aromatic carbocycles. The van der Waals surface area contributed by atoms with Gasteiger partial charge in [0, 0.05) is 12.1 Å². The topological polar surface area (TPSA) is 47.6 Å². The van der Waals surface area contributed by atoms with Crippen LogP contribution in [-0.2, 0) is 6.54 Å². The van der Waals surface area contributed by atoms with Crippen LogP contribution in [-0.4, -0.2) is 25.8 Å². The lowest BCUT2D eigenvalue weighted by molar-refractivity contribution is -0.153. The predicted molar refractivity (Wildman–Crippen MR) is 82.2 cm³/mol. The highest BCUT2D eigenvalue weighted by Crippen LogP contribution is 2.19. The van der Waals surface area contributed by atoms with Crippen LogP contribution < -0.4 is 14.8 Å². The second kappa shape index (κ2) is 7.72. The van der Waals surface area contributed by atoms with Crippen LogP contribution >= 0.6 is 0 Å². The zero-order valence-electron chi connectivity index (χ0n) is 12.9. The van der Waals surface area contributed by atoms with Crippen LogP contribution in [0.1, 0.15) is 15.9 Å². The Morgan fingerprint density at radius 1 is 1.00 bits per heavy atom. The van der Waals surface area contributed by atoms with Crippen molar-refractivity contribution in [3.05, 3.63) is 59.7 Å². The lowest BCUT2D eigenvalue weighted by atomic mass is 10.2. The van der Waals surface area contributed by atoms with Gasteiger partial charge in [0.15, 0.2) is 6.61 Å². The van der Waals surface area contributed by atoms with Crippen LogP contribution in [0.15, 0.2) is 48.5 Å². The summed E-state index contributed by atoms with van der Waals surface area (Å²) in [5, 5.41) is 2.73. The normalized spacial score (nSPS) is 11.0. The molecule has 0 radical (unpaired) electrons. The molecule has 0 bridgehead atoms. The Morgan fingerprint density at radius 2 is 1.58 bits per heavy atom. The van der Waals surface area contributed by atoms with Gasteiger partial charge in [-0.1, -0.05) is 12.1 Å². The number of ether oxygens (including phenoxy) is 2. The van der Waals surface area contributed by atoms with Crippen LogP contribution in [0.3, 0.4) is 0 Å². The number of benzene rings is 2. The zero-order valence-corrected chi connectivity index (χ0v) is 12.9. The molecule has 0 aliphatic carbocycles. The molecule has 24 heavy (non-hydrogen) atoms. The number of amides is 1. The summed E-state index contributed by atoms with van der Waals surface area (Å²) in [7, 11) is 1.54. The van der Waals surface area contributed by atoms with E-state index < -0.39 is 12.8 Å². The van der Waals surface area contributed by atoms with Gasteiger partial charge in [0.05, 0.1) is 7.11 Å². The monoisotopic (exact) mass is 339 g/mol. The molecule has 0 aromatic heterocycles. The highest BCUT2D eigenvalue weighted by atomic mass is 19.4. The quantitative estimate of drug-likeness (QED) is 0.875. The molecule has 0 spiro atoms. The largest absolute Gasteiger partial charge is 0.497 e. The van der Waals surface area contributed by atoms with Gasteiger partial charge in [-0.25, -0.2) is 0 Å². The molecule has 2 rings (SSSR count). The molecule has 7 heteroatoms. The number of hydrogen-bond acceptors (Lipinski definition) is 3. The van der Waals surface area contributed by atoms with E-state index in [1.54, 1.807) is 36.4 Å². The maximum absolute atomic E-state index is 12.1. The van der Waals surface area contributed by atoms with Crippen LogP contribution in [0.2, 0.25) is 0 Å². The summed E-state index contributed by atoms with van der Waals surface area (Å²) >= 11 is 0. The molecule has 1 amide bonds. The number of carbonyl (C=O) groups excluding carboxylic acids is 1. The van der Waals surface area contributed by atoms with Gasteiger partial charge in [-0.2, -0.15) is 13.2 Å². The lowest BCUT2D eigenvalue weighted by Crippen LogP contribution is -2.22. The SMILES string of the molecule is COc1ccc(C(=O)NCc2ccc(OCC(F)(F)F)cc2)cc1. The molecule has 4 nitrogen and oxygen atoms in total. The van der Waals surface area contributed by atoms with E-state index in [1.807, 2.05) is 0 Å². The van der Waals surface area contributed by atoms with Gasteiger partial charge in [0.25, 0.3) is 5.91 Å². The predicted octanol–water partition coefficient (Wildman–Crippen LogP) is 3.57. The number of carbonyl (C=O) groups is 1. The molecule has 0 heterocycles. The molecule has 0 unspecified atom stereocenters. The van der Waals surface area contributed by atoms with Crippen molar-refractivity contribution in [2.75, 3.05) is 13.7 Å². The number of hydrogen-bond donors (Lipinski definition) is 1. The third-order valence-electron chi connectivity index (χ3n) is 3.13. The Kier molecular flexibility index (Phi) is 5.68. The molecule has 0 saturated heterocycles. The fourth-order valence-electron chi connectivity index (χ4n) is 1.90. The summed E-state index contributed by atoms with van der Waals surface area (Å²) in [6, 6.07) is 12.7. The Labute approximate surface area is 137 Å². The van der Waals surface area contributed by atoms with Crippen molar-refractivity contribution >= 4 is 5.91 Å². The van der Waals surface area contributed by atoms with Gasteiger partial charge < -0.3 is 14.8 Å². The average molecular weight is 339 g/mol. The van der Waals surface area contributed by atoms with E-state index in [4.69, 9.17) is 4.74 Å².